The van der Waals surface area contributed by atoms with Gasteiger partial charge in [-0.15, -0.1) is 0 Å². The van der Waals surface area contributed by atoms with Crippen molar-refractivity contribution < 1.29 is 23.7 Å². The van der Waals surface area contributed by atoms with Crippen LogP contribution in [0.1, 0.15) is 15.9 Å². The number of nitriles is 1. The number of hydrogen-bond acceptors (Lipinski definition) is 6. The zero-order valence-corrected chi connectivity index (χ0v) is 13.7. The van der Waals surface area contributed by atoms with E-state index in [9.17, 15) is 10.1 Å². The van der Waals surface area contributed by atoms with E-state index >= 15 is 0 Å². The maximum atomic E-state index is 12.7. The van der Waals surface area contributed by atoms with E-state index in [1.165, 1.54) is 13.2 Å². The van der Waals surface area contributed by atoms with Gasteiger partial charge in [0.05, 0.1) is 14.2 Å². The van der Waals surface area contributed by atoms with Gasteiger partial charge in [-0.2, -0.15) is 5.26 Å². The summed E-state index contributed by atoms with van der Waals surface area (Å²) in [5.41, 5.74) is 0.945. The van der Waals surface area contributed by atoms with Gasteiger partial charge in [0, 0.05) is 17.2 Å². The zero-order valence-electron chi connectivity index (χ0n) is 13.7. The van der Waals surface area contributed by atoms with Crippen LogP contribution in [-0.2, 0) is 0 Å². The van der Waals surface area contributed by atoms with Gasteiger partial charge < -0.3 is 18.9 Å². The summed E-state index contributed by atoms with van der Waals surface area (Å²) in [5.74, 6) is 1.79. The lowest BCUT2D eigenvalue weighted by Gasteiger charge is -2.08. The normalized spacial score (nSPS) is 12.4. The van der Waals surface area contributed by atoms with Gasteiger partial charge in [-0.25, -0.2) is 0 Å². The fourth-order valence-corrected chi connectivity index (χ4v) is 2.44. The zero-order chi connectivity index (χ0) is 17.8. The Morgan fingerprint density at radius 3 is 2.64 bits per heavy atom. The van der Waals surface area contributed by atoms with Gasteiger partial charge in [0.1, 0.15) is 23.1 Å². The summed E-state index contributed by atoms with van der Waals surface area (Å²) in [6.07, 6.45) is 1.49. The van der Waals surface area contributed by atoms with Crippen molar-refractivity contribution in [2.24, 2.45) is 0 Å². The molecule has 0 radical (unpaired) electrons. The molecule has 0 atom stereocenters. The fourth-order valence-electron chi connectivity index (χ4n) is 2.44. The fraction of sp³-hybridized carbons (Fsp3) is 0.158. The van der Waals surface area contributed by atoms with Crippen LogP contribution in [0, 0.1) is 11.3 Å². The van der Waals surface area contributed by atoms with Crippen molar-refractivity contribution in [1.29, 1.82) is 5.26 Å². The van der Waals surface area contributed by atoms with Crippen LogP contribution in [-0.4, -0.2) is 26.8 Å². The molecule has 126 valence electrons. The van der Waals surface area contributed by atoms with E-state index in [0.29, 0.717) is 34.1 Å². The maximum absolute atomic E-state index is 12.7. The van der Waals surface area contributed by atoms with Crippen LogP contribution in [0.3, 0.4) is 0 Å². The number of nitrogens with zero attached hydrogens (tertiary/aromatic N) is 1. The van der Waals surface area contributed by atoms with Crippen LogP contribution in [0.15, 0.2) is 42.0 Å². The molecule has 2 aromatic carbocycles. The highest BCUT2D eigenvalue weighted by Gasteiger charge is 2.19. The van der Waals surface area contributed by atoms with Crippen molar-refractivity contribution in [1.82, 2.24) is 0 Å². The number of carbonyl (C=O) groups is 1. The number of ether oxygens (including phenoxy) is 4. The first-order valence-electron chi connectivity index (χ1n) is 7.44. The number of hydrogen-bond donors (Lipinski definition) is 0. The van der Waals surface area contributed by atoms with Crippen LogP contribution < -0.4 is 18.9 Å². The van der Waals surface area contributed by atoms with Crippen LogP contribution in [0.4, 0.5) is 0 Å². The highest BCUT2D eigenvalue weighted by Crippen LogP contribution is 2.33. The lowest BCUT2D eigenvalue weighted by Crippen LogP contribution is -2.02. The monoisotopic (exact) mass is 337 g/mol. The molecule has 0 amide bonds. The third-order valence-corrected chi connectivity index (χ3v) is 3.74. The first kappa shape index (κ1) is 16.4. The number of Topliss-reactive ketones (excluding diaryl/α,β-unsaturated/α-hetero) is 1. The van der Waals surface area contributed by atoms with Crippen molar-refractivity contribution in [3.63, 3.8) is 0 Å². The molecule has 0 aliphatic carbocycles. The Morgan fingerprint density at radius 2 is 1.92 bits per heavy atom. The second-order valence-electron chi connectivity index (χ2n) is 5.17. The van der Waals surface area contributed by atoms with Gasteiger partial charge in [0.25, 0.3) is 0 Å². The quantitative estimate of drug-likeness (QED) is 0.473. The van der Waals surface area contributed by atoms with Crippen LogP contribution in [0.2, 0.25) is 0 Å². The summed E-state index contributed by atoms with van der Waals surface area (Å²) in [7, 11) is 3.06. The number of benzene rings is 2. The third-order valence-electron chi connectivity index (χ3n) is 3.74. The number of allylic oxidation sites excluding steroid dienone is 1. The van der Waals surface area contributed by atoms with E-state index in [1.54, 1.807) is 43.5 Å². The summed E-state index contributed by atoms with van der Waals surface area (Å²) in [6.45, 7) is 0.122. The van der Waals surface area contributed by atoms with Crippen molar-refractivity contribution in [3.05, 3.63) is 53.1 Å². The van der Waals surface area contributed by atoms with E-state index in [-0.39, 0.29) is 12.4 Å². The van der Waals surface area contributed by atoms with Crippen LogP contribution in [0.25, 0.3) is 6.08 Å². The Labute approximate surface area is 144 Å². The average molecular weight is 337 g/mol. The molecule has 0 aromatic heterocycles. The lowest BCUT2D eigenvalue weighted by molar-refractivity contribution is 0.103. The number of ketones is 1. The van der Waals surface area contributed by atoms with Gasteiger partial charge in [0.2, 0.25) is 12.6 Å². The molecule has 1 aliphatic rings. The molecule has 0 N–H and O–H groups in total. The van der Waals surface area contributed by atoms with Gasteiger partial charge in [-0.1, -0.05) is 0 Å². The minimum Gasteiger partial charge on any atom is -0.497 e. The highest BCUT2D eigenvalue weighted by molar-refractivity contribution is 6.14. The lowest BCUT2D eigenvalue weighted by atomic mass is 10.0. The Balaban J connectivity index is 1.96. The summed E-state index contributed by atoms with van der Waals surface area (Å²) >= 11 is 0. The molecular formula is C19H15NO5. The molecule has 0 bridgehead atoms. The number of carbonyl (C=O) groups excluding carboxylic acids is 1. The van der Waals surface area contributed by atoms with E-state index < -0.39 is 5.78 Å². The Kier molecular flexibility index (Phi) is 4.57. The summed E-state index contributed by atoms with van der Waals surface area (Å²) in [5, 5.41) is 9.42. The minimum atomic E-state index is -0.404. The van der Waals surface area contributed by atoms with E-state index in [2.05, 4.69) is 0 Å². The maximum Gasteiger partial charge on any atom is 0.231 e. The molecule has 2 aromatic rings. The standard InChI is InChI=1S/C19H15NO5/c1-22-15-5-3-12(17(9-15)23-2)7-14(10-20)19(21)13-4-6-16-18(8-13)25-11-24-16/h3-9H,11H2,1-2H3/b14-7+. The van der Waals surface area contributed by atoms with Crippen molar-refractivity contribution in [3.8, 4) is 29.1 Å². The molecule has 0 fully saturated rings. The molecule has 0 saturated heterocycles. The molecule has 3 rings (SSSR count). The topological polar surface area (TPSA) is 77.8 Å². The molecule has 25 heavy (non-hydrogen) atoms. The average Bonchev–Trinajstić information content (AvgIpc) is 3.13. The van der Waals surface area contributed by atoms with Crippen molar-refractivity contribution in [2.75, 3.05) is 21.0 Å². The van der Waals surface area contributed by atoms with E-state index in [4.69, 9.17) is 18.9 Å². The summed E-state index contributed by atoms with van der Waals surface area (Å²) in [6, 6.07) is 11.9. The summed E-state index contributed by atoms with van der Waals surface area (Å²) < 4.78 is 20.9. The van der Waals surface area contributed by atoms with Gasteiger partial charge in [-0.3, -0.25) is 4.79 Å². The first-order valence-corrected chi connectivity index (χ1v) is 7.44. The first-order chi connectivity index (χ1) is 12.2. The number of methoxy groups -OCH3 is 2. The summed E-state index contributed by atoms with van der Waals surface area (Å²) in [4.78, 5) is 12.7. The molecule has 1 aliphatic heterocycles. The van der Waals surface area contributed by atoms with Gasteiger partial charge in [-0.05, 0) is 36.4 Å². The van der Waals surface area contributed by atoms with Gasteiger partial charge >= 0.3 is 0 Å². The third kappa shape index (κ3) is 3.26. The number of rotatable bonds is 5. The Bertz CT molecular complexity index is 895. The molecule has 6 nitrogen and oxygen atoms in total. The van der Waals surface area contributed by atoms with E-state index in [1.807, 2.05) is 6.07 Å². The SMILES string of the molecule is COc1ccc(/C=C(\C#N)C(=O)c2ccc3c(c2)OCO3)c(OC)c1. The van der Waals surface area contributed by atoms with Crippen LogP contribution >= 0.6 is 0 Å². The second-order valence-corrected chi connectivity index (χ2v) is 5.17. The van der Waals surface area contributed by atoms with E-state index in [0.717, 1.165) is 0 Å². The largest absolute Gasteiger partial charge is 0.497 e. The number of fused-ring (bicyclic) bond motifs is 1. The molecule has 0 saturated carbocycles. The molecule has 0 spiro atoms. The van der Waals surface area contributed by atoms with Crippen molar-refractivity contribution in [2.45, 2.75) is 0 Å². The Hall–Kier alpha value is -3.46. The smallest absolute Gasteiger partial charge is 0.231 e. The van der Waals surface area contributed by atoms with Gasteiger partial charge in [0.15, 0.2) is 11.5 Å². The van der Waals surface area contributed by atoms with Crippen LogP contribution in [0.5, 0.6) is 23.0 Å². The predicted octanol–water partition coefficient (Wildman–Crippen LogP) is 3.22. The molecule has 0 unspecified atom stereocenters. The molecular weight excluding hydrogens is 322 g/mol. The highest BCUT2D eigenvalue weighted by atomic mass is 16.7. The molecule has 6 heteroatoms. The predicted molar refractivity (Wildman–Crippen MR) is 90.0 cm³/mol. The molecule has 1 heterocycles. The Morgan fingerprint density at radius 1 is 1.12 bits per heavy atom. The second kappa shape index (κ2) is 6.97. The minimum absolute atomic E-state index is 0.0117. The van der Waals surface area contributed by atoms with Crippen molar-refractivity contribution >= 4 is 11.9 Å².